The molecule has 0 radical (unpaired) electrons. The molecule has 1 saturated carbocycles. The topological polar surface area (TPSA) is 26.8 Å². The summed E-state index contributed by atoms with van der Waals surface area (Å²) < 4.78 is 14.8. The molecule has 0 saturated heterocycles. The van der Waals surface area contributed by atoms with Gasteiger partial charge in [-0.1, -0.05) is 104 Å². The summed E-state index contributed by atoms with van der Waals surface area (Å²) in [6, 6.07) is 54.8. The molecule has 0 spiro atoms. The van der Waals surface area contributed by atoms with E-state index < -0.39 is 0 Å². The fourth-order valence-corrected chi connectivity index (χ4v) is 7.25. The zero-order chi connectivity index (χ0) is 32.6. The Morgan fingerprint density at radius 2 is 1.06 bits per heavy atom. The number of hydrogen-bond donors (Lipinski definition) is 0. The van der Waals surface area contributed by atoms with Crippen LogP contribution in [-0.4, -0.2) is 9.13 Å². The molecule has 1 fully saturated rings. The molecule has 2 heterocycles. The van der Waals surface area contributed by atoms with Gasteiger partial charge in [-0.25, -0.2) is 0 Å². The van der Waals surface area contributed by atoms with Crippen molar-refractivity contribution in [3.8, 4) is 34.2 Å². The SMILES string of the molecule is [Pt+4].[c-]1c(Oc2[c-]c(-n3[c-][n+](-c4ccccc4C4CCCCC4)c4ccccc43)ccc2)cccc1-n1[c-][n+](-c2ccccc2)c2ccccc21. The van der Waals surface area contributed by atoms with Crippen LogP contribution < -0.4 is 13.9 Å². The number of imidazole rings is 2. The van der Waals surface area contributed by atoms with Gasteiger partial charge in [0.25, 0.3) is 12.7 Å². The summed E-state index contributed by atoms with van der Waals surface area (Å²) in [5.74, 6) is 1.78. The van der Waals surface area contributed by atoms with E-state index in [1.54, 1.807) is 0 Å². The van der Waals surface area contributed by atoms with Crippen LogP contribution in [0.3, 0.4) is 0 Å². The van der Waals surface area contributed by atoms with Gasteiger partial charge in [0.05, 0.1) is 33.4 Å². The van der Waals surface area contributed by atoms with Crippen molar-refractivity contribution in [2.45, 2.75) is 38.0 Å². The van der Waals surface area contributed by atoms with Crippen LogP contribution in [0.5, 0.6) is 11.5 Å². The summed E-state index contributed by atoms with van der Waals surface area (Å²) in [7, 11) is 0. The quantitative estimate of drug-likeness (QED) is 0.116. The fourth-order valence-electron chi connectivity index (χ4n) is 7.25. The van der Waals surface area contributed by atoms with Gasteiger partial charge in [0.1, 0.15) is 0 Å². The van der Waals surface area contributed by atoms with E-state index in [4.69, 9.17) is 4.74 Å². The van der Waals surface area contributed by atoms with Crippen LogP contribution in [0, 0.1) is 24.8 Å². The standard InChI is InChI=1S/C44H34N4O.Pt/c1-3-15-33(16-4-1)39-23-7-8-24-40(39)48-32-47(43-27-11-12-28-44(43)48)36-20-14-22-38(30-36)49-37-21-13-19-35(29-37)46-31-45(34-17-5-2-6-18-34)41-25-9-10-26-42(41)46;/h2,5-14,17-28,33H,1,3-4,15-16H2;/q-2;+4. The fraction of sp³-hybridized carbons (Fsp3) is 0.136. The average Bonchev–Trinajstić information content (AvgIpc) is 3.76. The number of benzene rings is 6. The predicted molar refractivity (Wildman–Crippen MR) is 191 cm³/mol. The zero-order valence-electron chi connectivity index (χ0n) is 27.4. The van der Waals surface area contributed by atoms with E-state index in [0.717, 1.165) is 39.1 Å². The van der Waals surface area contributed by atoms with Crippen LogP contribution in [0.1, 0.15) is 43.6 Å². The molecule has 9 rings (SSSR count). The molecule has 0 aliphatic heterocycles. The molecule has 244 valence electrons. The van der Waals surface area contributed by atoms with Crippen LogP contribution in [0.2, 0.25) is 0 Å². The first-order valence-electron chi connectivity index (χ1n) is 17.1. The Balaban J connectivity index is 0.00000361. The molecule has 50 heavy (non-hydrogen) atoms. The number of rotatable bonds is 7. The van der Waals surface area contributed by atoms with E-state index in [9.17, 15) is 0 Å². The van der Waals surface area contributed by atoms with Crippen molar-refractivity contribution >= 4 is 22.1 Å². The van der Waals surface area contributed by atoms with Gasteiger partial charge in [-0.3, -0.25) is 9.13 Å². The normalized spacial score (nSPS) is 13.4. The molecule has 0 N–H and O–H groups in total. The maximum Gasteiger partial charge on any atom is 4.00 e. The zero-order valence-corrected chi connectivity index (χ0v) is 29.7. The van der Waals surface area contributed by atoms with E-state index in [1.165, 1.54) is 43.4 Å². The summed E-state index contributed by atoms with van der Waals surface area (Å²) >= 11 is 0. The van der Waals surface area contributed by atoms with Gasteiger partial charge in [0, 0.05) is 11.5 Å². The number of fused-ring (bicyclic) bond motifs is 2. The van der Waals surface area contributed by atoms with Crippen molar-refractivity contribution in [1.29, 1.82) is 0 Å². The smallest absolute Gasteiger partial charge is 0.510 e. The first-order chi connectivity index (χ1) is 24.3. The molecule has 1 aliphatic carbocycles. The predicted octanol–water partition coefficient (Wildman–Crippen LogP) is 9.17. The molecule has 0 atom stereocenters. The van der Waals surface area contributed by atoms with Crippen molar-refractivity contribution in [3.05, 3.63) is 170 Å². The average molecular weight is 830 g/mol. The van der Waals surface area contributed by atoms with Crippen LogP contribution in [0.4, 0.5) is 0 Å². The molecule has 1 aliphatic rings. The molecule has 6 heteroatoms. The van der Waals surface area contributed by atoms with Crippen molar-refractivity contribution in [1.82, 2.24) is 9.13 Å². The van der Waals surface area contributed by atoms with Gasteiger partial charge in [-0.2, -0.15) is 24.3 Å². The van der Waals surface area contributed by atoms with E-state index in [0.29, 0.717) is 17.4 Å². The third kappa shape index (κ3) is 5.97. The van der Waals surface area contributed by atoms with Gasteiger partial charge in [-0.05, 0) is 53.9 Å². The number of para-hydroxylation sites is 6. The van der Waals surface area contributed by atoms with Gasteiger partial charge >= 0.3 is 21.1 Å². The molecular weight excluding hydrogens is 796 g/mol. The second-order valence-corrected chi connectivity index (χ2v) is 12.7. The Morgan fingerprint density at radius 1 is 0.520 bits per heavy atom. The van der Waals surface area contributed by atoms with Crippen LogP contribution in [-0.2, 0) is 21.1 Å². The van der Waals surface area contributed by atoms with E-state index in [-0.39, 0.29) is 21.1 Å². The largest absolute Gasteiger partial charge is 4.00 e. The van der Waals surface area contributed by atoms with Crippen molar-refractivity contribution < 1.29 is 34.9 Å². The molecule has 0 bridgehead atoms. The van der Waals surface area contributed by atoms with Crippen molar-refractivity contribution in [2.75, 3.05) is 0 Å². The summed E-state index contributed by atoms with van der Waals surface area (Å²) in [5.41, 5.74) is 9.60. The molecule has 2 aromatic heterocycles. The summed E-state index contributed by atoms with van der Waals surface area (Å²) in [5, 5.41) is 0. The summed E-state index contributed by atoms with van der Waals surface area (Å²) in [6.07, 6.45) is 13.6. The van der Waals surface area contributed by atoms with Crippen molar-refractivity contribution in [3.63, 3.8) is 0 Å². The van der Waals surface area contributed by atoms with Gasteiger partial charge < -0.3 is 13.9 Å². The second-order valence-electron chi connectivity index (χ2n) is 12.7. The number of hydrogen-bond acceptors (Lipinski definition) is 1. The molecule has 5 nitrogen and oxygen atoms in total. The van der Waals surface area contributed by atoms with Gasteiger partial charge in [-0.15, -0.1) is 24.3 Å². The maximum atomic E-state index is 6.43. The number of ether oxygens (including phenoxy) is 1. The molecular formula is C44H34N4OPt+2. The first-order valence-corrected chi connectivity index (χ1v) is 17.1. The second kappa shape index (κ2) is 13.9. The van der Waals surface area contributed by atoms with E-state index in [2.05, 4.69) is 123 Å². The van der Waals surface area contributed by atoms with Crippen LogP contribution in [0.15, 0.2) is 140 Å². The molecule has 8 aromatic rings. The number of aromatic nitrogens is 4. The molecule has 0 amide bonds. The Bertz CT molecular complexity index is 2420. The van der Waals surface area contributed by atoms with Gasteiger partial charge in [0.2, 0.25) is 0 Å². The van der Waals surface area contributed by atoms with Gasteiger partial charge in [0.15, 0.2) is 0 Å². The summed E-state index contributed by atoms with van der Waals surface area (Å²) in [4.78, 5) is 0. The Morgan fingerprint density at radius 3 is 1.72 bits per heavy atom. The minimum absolute atomic E-state index is 0. The minimum Gasteiger partial charge on any atom is -0.510 e. The summed E-state index contributed by atoms with van der Waals surface area (Å²) in [6.45, 7) is 0. The minimum atomic E-state index is 0. The van der Waals surface area contributed by atoms with Crippen molar-refractivity contribution in [2.24, 2.45) is 0 Å². The maximum absolute atomic E-state index is 6.43. The monoisotopic (exact) mass is 829 g/mol. The van der Waals surface area contributed by atoms with Crippen LogP contribution in [0.25, 0.3) is 44.8 Å². The Hall–Kier alpha value is -5.25. The van der Waals surface area contributed by atoms with E-state index in [1.807, 2.05) is 59.2 Å². The Labute approximate surface area is 306 Å². The van der Waals surface area contributed by atoms with Crippen LogP contribution >= 0.6 is 0 Å². The number of nitrogens with zero attached hydrogens (tertiary/aromatic N) is 4. The van der Waals surface area contributed by atoms with E-state index >= 15 is 0 Å². The first kappa shape index (κ1) is 32.0. The molecule has 0 unspecified atom stereocenters. The third-order valence-electron chi connectivity index (χ3n) is 9.57. The third-order valence-corrected chi connectivity index (χ3v) is 9.57. The Kier molecular flexibility index (Phi) is 8.91. The molecule has 6 aromatic carbocycles.